The lowest BCUT2D eigenvalue weighted by atomic mass is 9.90. The minimum atomic E-state index is -3.56. The molecule has 0 saturated carbocycles. The molecular weight excluding hydrogens is 340 g/mol. The van der Waals surface area contributed by atoms with Gasteiger partial charge in [-0.05, 0) is 42.0 Å². The zero-order valence-electron chi connectivity index (χ0n) is 13.7. The number of benzene rings is 1. The van der Waals surface area contributed by atoms with Crippen LogP contribution in [-0.4, -0.2) is 41.9 Å². The quantitative estimate of drug-likeness (QED) is 0.884. The fraction of sp³-hybridized carbons (Fsp3) is 0.333. The second-order valence-electron chi connectivity index (χ2n) is 6.21. The van der Waals surface area contributed by atoms with Crippen molar-refractivity contribution in [2.45, 2.75) is 30.1 Å². The monoisotopic (exact) mass is 360 g/mol. The first-order chi connectivity index (χ1) is 12.0. The first-order valence-electron chi connectivity index (χ1n) is 8.17. The predicted octanol–water partition coefficient (Wildman–Crippen LogP) is 2.28. The molecule has 7 heteroatoms. The Morgan fingerprint density at radius 3 is 2.84 bits per heavy atom. The van der Waals surface area contributed by atoms with Crippen molar-refractivity contribution < 1.29 is 18.3 Å². The molecule has 1 aliphatic rings. The Morgan fingerprint density at radius 2 is 2.12 bits per heavy atom. The van der Waals surface area contributed by atoms with Crippen LogP contribution in [0.5, 0.6) is 0 Å². The molecule has 6 nitrogen and oxygen atoms in total. The summed E-state index contributed by atoms with van der Waals surface area (Å²) in [6.45, 7) is 0.885. The van der Waals surface area contributed by atoms with E-state index < -0.39 is 16.0 Å². The molecule has 1 N–H and O–H groups in total. The largest absolute Gasteiger partial charge is 0.481 e. The number of aliphatic carboxylic acids is 1. The Hall–Kier alpha value is -2.25. The molecule has 3 rings (SSSR count). The maximum absolute atomic E-state index is 12.8. The van der Waals surface area contributed by atoms with Crippen molar-refractivity contribution in [1.29, 1.82) is 0 Å². The van der Waals surface area contributed by atoms with E-state index in [9.17, 15) is 13.2 Å². The van der Waals surface area contributed by atoms with Crippen LogP contribution in [0.25, 0.3) is 0 Å². The van der Waals surface area contributed by atoms with Crippen molar-refractivity contribution in [1.82, 2.24) is 9.29 Å². The number of sulfonamides is 1. The second-order valence-corrected chi connectivity index (χ2v) is 8.14. The smallest absolute Gasteiger partial charge is 0.307 e. The van der Waals surface area contributed by atoms with Crippen LogP contribution in [-0.2, 0) is 21.2 Å². The minimum absolute atomic E-state index is 0.0295. The molecule has 2 heterocycles. The van der Waals surface area contributed by atoms with Crippen LogP contribution in [0, 0.1) is 0 Å². The molecule has 1 aromatic carbocycles. The van der Waals surface area contributed by atoms with Crippen molar-refractivity contribution in [2.75, 3.05) is 13.1 Å². The van der Waals surface area contributed by atoms with E-state index in [1.807, 2.05) is 18.2 Å². The first-order valence-corrected chi connectivity index (χ1v) is 9.61. The molecule has 1 aliphatic heterocycles. The highest BCUT2D eigenvalue weighted by Crippen LogP contribution is 2.30. The standard InChI is InChI=1S/C18H20N2O4S/c21-18(22)11-14-4-1-5-15(10-14)16-6-3-9-20(13-16)25(23,24)17-7-2-8-19-12-17/h1-2,4-5,7-8,10,12,16H,3,6,9,11,13H2,(H,21,22). The fourth-order valence-electron chi connectivity index (χ4n) is 3.21. The van der Waals surface area contributed by atoms with Crippen molar-refractivity contribution in [3.8, 4) is 0 Å². The van der Waals surface area contributed by atoms with Gasteiger partial charge < -0.3 is 5.11 Å². The second kappa shape index (κ2) is 7.33. The molecular formula is C18H20N2O4S. The highest BCUT2D eigenvalue weighted by molar-refractivity contribution is 7.89. The molecule has 0 amide bonds. The van der Waals surface area contributed by atoms with Gasteiger partial charge in [-0.3, -0.25) is 9.78 Å². The summed E-state index contributed by atoms with van der Waals surface area (Å²) in [5, 5.41) is 8.95. The lowest BCUT2D eigenvalue weighted by Gasteiger charge is -2.32. The van der Waals surface area contributed by atoms with Crippen LogP contribution in [0.4, 0.5) is 0 Å². The van der Waals surface area contributed by atoms with E-state index >= 15 is 0 Å². The summed E-state index contributed by atoms with van der Waals surface area (Å²) < 4.78 is 27.1. The number of piperidine rings is 1. The average molecular weight is 360 g/mol. The first kappa shape index (κ1) is 17.6. The number of aromatic nitrogens is 1. The number of nitrogens with zero attached hydrogens (tertiary/aromatic N) is 2. The SMILES string of the molecule is O=C(O)Cc1cccc(C2CCCN(S(=O)(=O)c3cccnc3)C2)c1. The molecule has 1 atom stereocenters. The number of carbonyl (C=O) groups is 1. The molecule has 25 heavy (non-hydrogen) atoms. The number of rotatable bonds is 5. The van der Waals surface area contributed by atoms with Gasteiger partial charge in [0.1, 0.15) is 4.90 Å². The van der Waals surface area contributed by atoms with Gasteiger partial charge in [-0.15, -0.1) is 0 Å². The summed E-state index contributed by atoms with van der Waals surface area (Å²) in [7, 11) is -3.56. The number of carboxylic acids is 1. The van der Waals surface area contributed by atoms with E-state index in [2.05, 4.69) is 4.98 Å². The molecule has 2 aromatic rings. The molecule has 1 unspecified atom stereocenters. The van der Waals surface area contributed by atoms with Gasteiger partial charge in [0.05, 0.1) is 6.42 Å². The van der Waals surface area contributed by atoms with E-state index in [1.165, 1.54) is 10.5 Å². The van der Waals surface area contributed by atoms with Gasteiger partial charge in [0.25, 0.3) is 0 Å². The van der Waals surface area contributed by atoms with Gasteiger partial charge in [0.2, 0.25) is 10.0 Å². The topological polar surface area (TPSA) is 87.6 Å². The third kappa shape index (κ3) is 4.05. The molecule has 1 fully saturated rings. The lowest BCUT2D eigenvalue weighted by Crippen LogP contribution is -2.39. The highest BCUT2D eigenvalue weighted by Gasteiger charge is 2.31. The van der Waals surface area contributed by atoms with E-state index in [1.54, 1.807) is 24.4 Å². The summed E-state index contributed by atoms with van der Waals surface area (Å²) in [4.78, 5) is 15.0. The minimum Gasteiger partial charge on any atom is -0.481 e. The van der Waals surface area contributed by atoms with Crippen LogP contribution >= 0.6 is 0 Å². The number of hydrogen-bond acceptors (Lipinski definition) is 4. The van der Waals surface area contributed by atoms with Crippen LogP contribution in [0.15, 0.2) is 53.7 Å². The molecule has 1 aromatic heterocycles. The number of pyridine rings is 1. The molecule has 1 saturated heterocycles. The Kier molecular flexibility index (Phi) is 5.15. The van der Waals surface area contributed by atoms with Crippen molar-refractivity contribution >= 4 is 16.0 Å². The zero-order valence-corrected chi connectivity index (χ0v) is 14.5. The van der Waals surface area contributed by atoms with E-state index in [-0.39, 0.29) is 17.2 Å². The van der Waals surface area contributed by atoms with E-state index in [0.29, 0.717) is 13.1 Å². The Balaban J connectivity index is 1.81. The van der Waals surface area contributed by atoms with Crippen molar-refractivity contribution in [3.63, 3.8) is 0 Å². The third-order valence-electron chi connectivity index (χ3n) is 4.43. The van der Waals surface area contributed by atoms with Gasteiger partial charge in [0, 0.05) is 25.5 Å². The molecule has 0 spiro atoms. The Labute approximate surface area is 147 Å². The van der Waals surface area contributed by atoms with Crippen molar-refractivity contribution in [2.24, 2.45) is 0 Å². The van der Waals surface area contributed by atoms with E-state index in [4.69, 9.17) is 5.11 Å². The summed E-state index contributed by atoms with van der Waals surface area (Å²) in [6, 6.07) is 10.6. The molecule has 0 bridgehead atoms. The fourth-order valence-corrected chi connectivity index (χ4v) is 4.70. The van der Waals surface area contributed by atoms with E-state index in [0.717, 1.165) is 24.0 Å². The maximum atomic E-state index is 12.8. The zero-order chi connectivity index (χ0) is 17.9. The molecule has 132 valence electrons. The highest BCUT2D eigenvalue weighted by atomic mass is 32.2. The molecule has 0 radical (unpaired) electrons. The third-order valence-corrected chi connectivity index (χ3v) is 6.28. The van der Waals surface area contributed by atoms with Gasteiger partial charge in [-0.1, -0.05) is 24.3 Å². The summed E-state index contributed by atoms with van der Waals surface area (Å²) >= 11 is 0. The average Bonchev–Trinajstić information content (AvgIpc) is 2.62. The van der Waals surface area contributed by atoms with Crippen LogP contribution in [0.3, 0.4) is 0 Å². The summed E-state index contributed by atoms with van der Waals surface area (Å²) in [5.74, 6) is -0.810. The molecule has 0 aliphatic carbocycles. The Bertz CT molecular complexity index is 852. The normalized spacial score (nSPS) is 18.8. The summed E-state index contributed by atoms with van der Waals surface area (Å²) in [5.41, 5.74) is 1.72. The number of hydrogen-bond donors (Lipinski definition) is 1. The van der Waals surface area contributed by atoms with Crippen LogP contribution < -0.4 is 0 Å². The summed E-state index contributed by atoms with van der Waals surface area (Å²) in [6.07, 6.45) is 4.54. The van der Waals surface area contributed by atoms with Gasteiger partial charge in [0.15, 0.2) is 0 Å². The van der Waals surface area contributed by atoms with Crippen LogP contribution in [0.2, 0.25) is 0 Å². The predicted molar refractivity (Wildman–Crippen MR) is 92.8 cm³/mol. The lowest BCUT2D eigenvalue weighted by molar-refractivity contribution is -0.136. The van der Waals surface area contributed by atoms with Gasteiger partial charge in [-0.25, -0.2) is 8.42 Å². The maximum Gasteiger partial charge on any atom is 0.307 e. The van der Waals surface area contributed by atoms with Crippen molar-refractivity contribution in [3.05, 3.63) is 59.9 Å². The number of carboxylic acid groups (broad SMARTS) is 1. The van der Waals surface area contributed by atoms with Crippen LogP contribution in [0.1, 0.15) is 29.9 Å². The van der Waals surface area contributed by atoms with Gasteiger partial charge in [-0.2, -0.15) is 4.31 Å². The Morgan fingerprint density at radius 1 is 1.28 bits per heavy atom. The van der Waals surface area contributed by atoms with Gasteiger partial charge >= 0.3 is 5.97 Å².